The molecular formula is C19H23N5O. The summed E-state index contributed by atoms with van der Waals surface area (Å²) in [7, 11) is 0. The van der Waals surface area contributed by atoms with Crippen molar-refractivity contribution in [3.63, 3.8) is 0 Å². The van der Waals surface area contributed by atoms with Crippen LogP contribution in [-0.2, 0) is 0 Å². The number of carbonyl (C=O) groups is 1. The molecule has 0 atom stereocenters. The molecule has 6 heteroatoms. The van der Waals surface area contributed by atoms with Gasteiger partial charge in [-0.2, -0.15) is 0 Å². The molecule has 3 rings (SSSR count). The Balaban J connectivity index is 1.94. The lowest BCUT2D eigenvalue weighted by Crippen LogP contribution is -2.45. The van der Waals surface area contributed by atoms with E-state index in [9.17, 15) is 4.79 Å². The van der Waals surface area contributed by atoms with Crippen molar-refractivity contribution in [2.24, 2.45) is 5.73 Å². The monoisotopic (exact) mass is 337 g/mol. The summed E-state index contributed by atoms with van der Waals surface area (Å²) in [5.41, 5.74) is 10.5. The number of hydrogen-bond acceptors (Lipinski definition) is 4. The van der Waals surface area contributed by atoms with Gasteiger partial charge in [-0.25, -0.2) is 4.98 Å². The van der Waals surface area contributed by atoms with E-state index in [1.54, 1.807) is 6.20 Å². The number of rotatable bonds is 4. The smallest absolute Gasteiger partial charge is 0.271 e. The summed E-state index contributed by atoms with van der Waals surface area (Å²) in [6, 6.07) is 6.27. The van der Waals surface area contributed by atoms with Gasteiger partial charge in [-0.15, -0.1) is 0 Å². The van der Waals surface area contributed by atoms with Gasteiger partial charge in [-0.3, -0.25) is 9.78 Å². The molecule has 0 aliphatic carbocycles. The molecule has 4 N–H and O–H groups in total. The Labute approximate surface area is 146 Å². The number of fused-ring (bicyclic) bond motifs is 1. The van der Waals surface area contributed by atoms with Crippen LogP contribution in [-0.4, -0.2) is 32.9 Å². The van der Waals surface area contributed by atoms with Crippen molar-refractivity contribution in [1.29, 1.82) is 0 Å². The maximum absolute atomic E-state index is 12.3. The summed E-state index contributed by atoms with van der Waals surface area (Å²) >= 11 is 0. The summed E-state index contributed by atoms with van der Waals surface area (Å²) in [6.45, 7) is 8.16. The molecule has 0 radical (unpaired) electrons. The van der Waals surface area contributed by atoms with Crippen LogP contribution in [0, 0.1) is 13.8 Å². The highest BCUT2D eigenvalue weighted by atomic mass is 16.1. The molecular weight excluding hydrogens is 314 g/mol. The van der Waals surface area contributed by atoms with Gasteiger partial charge in [0, 0.05) is 23.0 Å². The lowest BCUT2D eigenvalue weighted by atomic mass is 10.1. The van der Waals surface area contributed by atoms with Crippen LogP contribution in [0.4, 0.5) is 0 Å². The maximum atomic E-state index is 12.3. The molecule has 0 unspecified atom stereocenters. The number of aryl methyl sites for hydroxylation is 2. The van der Waals surface area contributed by atoms with Gasteiger partial charge in [0.2, 0.25) is 0 Å². The van der Waals surface area contributed by atoms with Crippen LogP contribution in [0.15, 0.2) is 30.6 Å². The number of carbonyl (C=O) groups excluding carboxylic acids is 1. The van der Waals surface area contributed by atoms with Gasteiger partial charge < -0.3 is 16.0 Å². The average Bonchev–Trinajstić information content (AvgIpc) is 2.88. The van der Waals surface area contributed by atoms with Crippen LogP contribution in [0.2, 0.25) is 0 Å². The minimum Gasteiger partial charge on any atom is -0.353 e. The molecule has 130 valence electrons. The molecule has 0 aliphatic rings. The number of hydrogen-bond donors (Lipinski definition) is 3. The van der Waals surface area contributed by atoms with E-state index in [4.69, 9.17) is 5.73 Å². The Morgan fingerprint density at radius 1 is 1.28 bits per heavy atom. The van der Waals surface area contributed by atoms with E-state index >= 15 is 0 Å². The van der Waals surface area contributed by atoms with Crippen LogP contribution in [0.1, 0.15) is 35.5 Å². The topological polar surface area (TPSA) is 96.7 Å². The summed E-state index contributed by atoms with van der Waals surface area (Å²) in [6.07, 6.45) is 3.12. The molecule has 0 fully saturated rings. The summed E-state index contributed by atoms with van der Waals surface area (Å²) in [4.78, 5) is 24.3. The first-order valence-electron chi connectivity index (χ1n) is 8.23. The highest BCUT2D eigenvalue weighted by Crippen LogP contribution is 2.28. The van der Waals surface area contributed by atoms with Crippen LogP contribution in [0.3, 0.4) is 0 Å². The molecule has 2 aromatic heterocycles. The average molecular weight is 337 g/mol. The predicted molar refractivity (Wildman–Crippen MR) is 99.4 cm³/mol. The molecule has 2 heterocycles. The largest absolute Gasteiger partial charge is 0.353 e. The standard InChI is InChI=1S/C19H23N5O/c1-11-5-6-13-12(2)17(24-14(13)7-11)15-8-21-9-16(23-15)18(25)22-10-19(3,4)20/h5-9,24H,10,20H2,1-4H3,(H,22,25). The number of benzene rings is 1. The van der Waals surface area contributed by atoms with Crippen LogP contribution in [0.25, 0.3) is 22.3 Å². The third kappa shape index (κ3) is 3.69. The van der Waals surface area contributed by atoms with Gasteiger partial charge in [-0.1, -0.05) is 12.1 Å². The molecule has 1 amide bonds. The van der Waals surface area contributed by atoms with Gasteiger partial charge in [0.05, 0.1) is 18.1 Å². The first-order chi connectivity index (χ1) is 11.7. The Kier molecular flexibility index (Phi) is 4.30. The Hall–Kier alpha value is -2.73. The Bertz CT molecular complexity index is 937. The van der Waals surface area contributed by atoms with Crippen molar-refractivity contribution in [3.05, 3.63) is 47.4 Å². The molecule has 6 nitrogen and oxygen atoms in total. The van der Waals surface area contributed by atoms with Gasteiger partial charge >= 0.3 is 0 Å². The van der Waals surface area contributed by atoms with Crippen molar-refractivity contribution in [1.82, 2.24) is 20.3 Å². The molecule has 25 heavy (non-hydrogen) atoms. The van der Waals surface area contributed by atoms with Gasteiger partial charge in [0.15, 0.2) is 0 Å². The van der Waals surface area contributed by atoms with Crippen molar-refractivity contribution in [2.75, 3.05) is 6.54 Å². The molecule has 1 aromatic carbocycles. The number of nitrogens with two attached hydrogens (primary N) is 1. The summed E-state index contributed by atoms with van der Waals surface area (Å²) in [5.74, 6) is -0.280. The fourth-order valence-corrected chi connectivity index (χ4v) is 2.70. The molecule has 0 spiro atoms. The number of aromatic amines is 1. The van der Waals surface area contributed by atoms with Gasteiger partial charge in [-0.05, 0) is 44.9 Å². The Morgan fingerprint density at radius 2 is 2.04 bits per heavy atom. The van der Waals surface area contributed by atoms with E-state index in [2.05, 4.69) is 45.4 Å². The van der Waals surface area contributed by atoms with Crippen LogP contribution >= 0.6 is 0 Å². The highest BCUT2D eigenvalue weighted by Gasteiger charge is 2.16. The molecule has 0 aliphatic heterocycles. The minimum absolute atomic E-state index is 0.274. The second-order valence-corrected chi connectivity index (χ2v) is 7.13. The van der Waals surface area contributed by atoms with Gasteiger partial charge in [0.1, 0.15) is 11.4 Å². The van der Waals surface area contributed by atoms with E-state index in [1.807, 2.05) is 20.8 Å². The quantitative estimate of drug-likeness (QED) is 0.682. The number of nitrogens with one attached hydrogen (secondary N) is 2. The molecule has 0 saturated heterocycles. The zero-order valence-electron chi connectivity index (χ0n) is 15.0. The lowest BCUT2D eigenvalue weighted by molar-refractivity contribution is 0.0940. The van der Waals surface area contributed by atoms with Crippen LogP contribution in [0.5, 0.6) is 0 Å². The molecule has 0 saturated carbocycles. The molecule has 3 aromatic rings. The van der Waals surface area contributed by atoms with E-state index < -0.39 is 5.54 Å². The normalized spacial score (nSPS) is 11.7. The number of H-pyrrole nitrogens is 1. The van der Waals surface area contributed by atoms with Crippen molar-refractivity contribution >= 4 is 16.8 Å². The number of aromatic nitrogens is 3. The number of amides is 1. The van der Waals surface area contributed by atoms with Crippen LogP contribution < -0.4 is 11.1 Å². The van der Waals surface area contributed by atoms with E-state index in [0.717, 1.165) is 22.2 Å². The zero-order valence-corrected chi connectivity index (χ0v) is 15.0. The maximum Gasteiger partial charge on any atom is 0.271 e. The third-order valence-corrected chi connectivity index (χ3v) is 4.04. The second kappa shape index (κ2) is 6.29. The fraction of sp³-hybridized carbons (Fsp3) is 0.316. The van der Waals surface area contributed by atoms with E-state index in [-0.39, 0.29) is 11.6 Å². The SMILES string of the molecule is Cc1ccc2c(C)c(-c3cncc(C(=O)NCC(C)(C)N)n3)[nH]c2c1. The summed E-state index contributed by atoms with van der Waals surface area (Å²) in [5, 5.41) is 3.93. The van der Waals surface area contributed by atoms with E-state index in [0.29, 0.717) is 12.2 Å². The second-order valence-electron chi connectivity index (χ2n) is 7.13. The first kappa shape index (κ1) is 17.1. The minimum atomic E-state index is -0.480. The third-order valence-electron chi connectivity index (χ3n) is 4.04. The first-order valence-corrected chi connectivity index (χ1v) is 8.23. The van der Waals surface area contributed by atoms with Crippen molar-refractivity contribution < 1.29 is 4.79 Å². The lowest BCUT2D eigenvalue weighted by Gasteiger charge is -2.18. The summed E-state index contributed by atoms with van der Waals surface area (Å²) < 4.78 is 0. The molecule has 0 bridgehead atoms. The number of nitrogens with zero attached hydrogens (tertiary/aromatic N) is 2. The van der Waals surface area contributed by atoms with Gasteiger partial charge in [0.25, 0.3) is 5.91 Å². The van der Waals surface area contributed by atoms with Crippen molar-refractivity contribution in [3.8, 4) is 11.4 Å². The van der Waals surface area contributed by atoms with Crippen molar-refractivity contribution in [2.45, 2.75) is 33.2 Å². The van der Waals surface area contributed by atoms with E-state index in [1.165, 1.54) is 11.8 Å². The Morgan fingerprint density at radius 3 is 2.76 bits per heavy atom. The highest BCUT2D eigenvalue weighted by molar-refractivity contribution is 5.93. The fourth-order valence-electron chi connectivity index (χ4n) is 2.70. The predicted octanol–water partition coefficient (Wildman–Crippen LogP) is 2.71. The zero-order chi connectivity index (χ0) is 18.2.